The van der Waals surface area contributed by atoms with E-state index in [2.05, 4.69) is 25.3 Å². The lowest BCUT2D eigenvalue weighted by molar-refractivity contribution is -0.120. The normalized spacial score (nSPS) is 16.5. The second-order valence-electron chi connectivity index (χ2n) is 8.54. The van der Waals surface area contributed by atoms with E-state index in [1.54, 1.807) is 12.1 Å². The van der Waals surface area contributed by atoms with Gasteiger partial charge in [0.1, 0.15) is 16.3 Å². The van der Waals surface area contributed by atoms with Gasteiger partial charge >= 0.3 is 0 Å². The third-order valence-corrected chi connectivity index (χ3v) is 8.27. The van der Waals surface area contributed by atoms with Gasteiger partial charge in [-0.05, 0) is 31.9 Å². The van der Waals surface area contributed by atoms with E-state index in [0.29, 0.717) is 18.4 Å². The van der Waals surface area contributed by atoms with Crippen LogP contribution in [-0.2, 0) is 14.6 Å². The lowest BCUT2D eigenvalue weighted by Crippen LogP contribution is -2.28. The van der Waals surface area contributed by atoms with E-state index in [1.165, 1.54) is 24.5 Å². The lowest BCUT2D eigenvalue weighted by Gasteiger charge is -2.22. The summed E-state index contributed by atoms with van der Waals surface area (Å²) in [7, 11) is -4.04. The lowest BCUT2D eigenvalue weighted by atomic mass is 9.94. The quantitative estimate of drug-likeness (QED) is 0.390. The van der Waals surface area contributed by atoms with Crippen molar-refractivity contribution in [3.63, 3.8) is 0 Å². The largest absolute Gasteiger partial charge is 0.364 e. The molecular formula is C24H21ClFN5O3S. The molecule has 0 spiro atoms. The zero-order chi connectivity index (χ0) is 24.7. The van der Waals surface area contributed by atoms with Crippen molar-refractivity contribution in [1.82, 2.24) is 19.9 Å². The minimum absolute atomic E-state index is 0.0537. The fraction of sp³-hybridized carbons (Fsp3) is 0.250. The van der Waals surface area contributed by atoms with Crippen molar-refractivity contribution in [2.24, 2.45) is 0 Å². The number of nitrogens with zero attached hydrogens (tertiary/aromatic N) is 3. The number of hydrogen-bond donors (Lipinski definition) is 2. The van der Waals surface area contributed by atoms with E-state index in [9.17, 15) is 17.6 Å². The van der Waals surface area contributed by atoms with E-state index in [1.807, 2.05) is 6.92 Å². The summed E-state index contributed by atoms with van der Waals surface area (Å²) in [5.41, 5.74) is 1.50. The Bertz CT molecular complexity index is 1550. The van der Waals surface area contributed by atoms with Crippen molar-refractivity contribution >= 4 is 44.1 Å². The Morgan fingerprint density at radius 3 is 2.69 bits per heavy atom. The highest BCUT2D eigenvalue weighted by molar-refractivity contribution is 7.91. The molecule has 1 atom stereocenters. The number of carbonyl (C=O) groups is 1. The van der Waals surface area contributed by atoms with Crippen molar-refractivity contribution in [2.75, 3.05) is 5.32 Å². The summed E-state index contributed by atoms with van der Waals surface area (Å²) in [5, 5.41) is 3.16. The Labute approximate surface area is 205 Å². The smallest absolute Gasteiger partial charge is 0.208 e. The number of aromatic amines is 1. The van der Waals surface area contributed by atoms with Gasteiger partial charge in [0, 0.05) is 36.8 Å². The Morgan fingerprint density at radius 2 is 1.94 bits per heavy atom. The Morgan fingerprint density at radius 1 is 1.17 bits per heavy atom. The van der Waals surface area contributed by atoms with E-state index < -0.39 is 15.7 Å². The van der Waals surface area contributed by atoms with Gasteiger partial charge in [-0.2, -0.15) is 0 Å². The molecule has 3 aromatic heterocycles. The number of ketones is 1. The van der Waals surface area contributed by atoms with Crippen LogP contribution in [0.1, 0.15) is 31.2 Å². The SMILES string of the molecule is Cc1ccc(S(=O)(=O)c2c(Cl)cnc3[nH]cc(-c4ncc(F)c(N[C@H]5CCCC(=O)C5)n4)c23)cc1. The number of halogens is 2. The van der Waals surface area contributed by atoms with E-state index in [-0.39, 0.29) is 49.3 Å². The van der Waals surface area contributed by atoms with Crippen LogP contribution in [0.3, 0.4) is 0 Å². The molecule has 0 unspecified atom stereocenters. The summed E-state index contributed by atoms with van der Waals surface area (Å²) in [6, 6.07) is 6.20. The maximum atomic E-state index is 14.6. The van der Waals surface area contributed by atoms with Crippen molar-refractivity contribution in [3.05, 3.63) is 59.3 Å². The second-order valence-corrected chi connectivity index (χ2v) is 10.8. The van der Waals surface area contributed by atoms with E-state index in [4.69, 9.17) is 11.6 Å². The van der Waals surface area contributed by atoms with Gasteiger partial charge in [-0.1, -0.05) is 29.3 Å². The van der Waals surface area contributed by atoms with Crippen LogP contribution >= 0.6 is 11.6 Å². The predicted molar refractivity (Wildman–Crippen MR) is 130 cm³/mol. The number of pyridine rings is 1. The van der Waals surface area contributed by atoms with Crippen LogP contribution in [0.25, 0.3) is 22.4 Å². The number of benzene rings is 1. The van der Waals surface area contributed by atoms with Crippen LogP contribution in [-0.4, -0.2) is 40.2 Å². The molecule has 180 valence electrons. The van der Waals surface area contributed by atoms with Crippen LogP contribution in [0, 0.1) is 12.7 Å². The number of aromatic nitrogens is 4. The maximum absolute atomic E-state index is 14.6. The predicted octanol–water partition coefficient (Wildman–Crippen LogP) is 4.88. The van der Waals surface area contributed by atoms with Crippen molar-refractivity contribution in [1.29, 1.82) is 0 Å². The van der Waals surface area contributed by atoms with Gasteiger partial charge < -0.3 is 10.3 Å². The molecule has 35 heavy (non-hydrogen) atoms. The summed E-state index contributed by atoms with van der Waals surface area (Å²) < 4.78 is 41.8. The first-order chi connectivity index (χ1) is 16.7. The molecule has 0 amide bonds. The molecule has 5 rings (SSSR count). The summed E-state index contributed by atoms with van der Waals surface area (Å²) in [6.07, 6.45) is 6.06. The Balaban J connectivity index is 1.63. The number of nitrogens with one attached hydrogen (secondary N) is 2. The standard InChI is InChI=1S/C24H21ClFN5O3S/c1-13-5-7-16(8-6-13)35(33,34)21-18(25)11-28-24-20(21)17(10-27-24)22-29-12-19(26)23(31-22)30-14-3-2-4-15(32)9-14/h5-8,10-12,14H,2-4,9H2,1H3,(H,27,28)(H,29,30,31)/t14-/m0/s1. The van der Waals surface area contributed by atoms with Gasteiger partial charge in [0.2, 0.25) is 9.84 Å². The van der Waals surface area contributed by atoms with Gasteiger partial charge in [-0.15, -0.1) is 0 Å². The molecule has 1 aliphatic carbocycles. The van der Waals surface area contributed by atoms with Crippen LogP contribution < -0.4 is 5.32 Å². The molecule has 11 heteroatoms. The highest BCUT2D eigenvalue weighted by atomic mass is 35.5. The highest BCUT2D eigenvalue weighted by Gasteiger charge is 2.28. The first kappa shape index (κ1) is 23.4. The fourth-order valence-corrected chi connectivity index (χ4v) is 6.22. The number of anilines is 1. The number of hydrogen-bond acceptors (Lipinski definition) is 7. The number of rotatable bonds is 5. The molecule has 0 saturated heterocycles. The topological polar surface area (TPSA) is 118 Å². The third-order valence-electron chi connectivity index (χ3n) is 6.02. The van der Waals surface area contributed by atoms with Crippen LogP contribution in [0.4, 0.5) is 10.2 Å². The first-order valence-corrected chi connectivity index (χ1v) is 12.9. The summed E-state index contributed by atoms with van der Waals surface area (Å²) in [5.74, 6) is -0.518. The van der Waals surface area contributed by atoms with Gasteiger partial charge in [-0.3, -0.25) is 4.79 Å². The average molecular weight is 514 g/mol. The molecule has 4 aromatic rings. The minimum Gasteiger partial charge on any atom is -0.364 e. The molecule has 1 aliphatic rings. The fourth-order valence-electron chi connectivity index (χ4n) is 4.26. The maximum Gasteiger partial charge on any atom is 0.208 e. The van der Waals surface area contributed by atoms with E-state index in [0.717, 1.165) is 24.6 Å². The van der Waals surface area contributed by atoms with Crippen LogP contribution in [0.15, 0.2) is 52.6 Å². The van der Waals surface area contributed by atoms with Gasteiger partial charge in [0.05, 0.1) is 21.5 Å². The number of sulfone groups is 1. The zero-order valence-electron chi connectivity index (χ0n) is 18.7. The Kier molecular flexibility index (Phi) is 6.02. The molecular weight excluding hydrogens is 493 g/mol. The molecule has 1 saturated carbocycles. The van der Waals surface area contributed by atoms with Crippen LogP contribution in [0.5, 0.6) is 0 Å². The summed E-state index contributed by atoms with van der Waals surface area (Å²) in [6.45, 7) is 1.86. The Hall–Kier alpha value is -3.37. The van der Waals surface area contributed by atoms with Gasteiger partial charge in [0.15, 0.2) is 17.5 Å². The minimum atomic E-state index is -4.04. The summed E-state index contributed by atoms with van der Waals surface area (Å²) in [4.78, 5) is 27.3. The van der Waals surface area contributed by atoms with Gasteiger partial charge in [0.25, 0.3) is 0 Å². The monoisotopic (exact) mass is 513 g/mol. The number of aryl methyl sites for hydroxylation is 1. The van der Waals surface area contributed by atoms with Crippen molar-refractivity contribution in [3.8, 4) is 11.4 Å². The van der Waals surface area contributed by atoms with E-state index >= 15 is 0 Å². The second kappa shape index (κ2) is 9.01. The molecule has 0 aliphatic heterocycles. The number of H-pyrrole nitrogens is 1. The molecule has 8 nitrogen and oxygen atoms in total. The molecule has 3 heterocycles. The molecule has 0 bridgehead atoms. The third kappa shape index (κ3) is 4.39. The summed E-state index contributed by atoms with van der Waals surface area (Å²) >= 11 is 6.38. The molecule has 1 fully saturated rings. The molecule has 0 radical (unpaired) electrons. The average Bonchev–Trinajstić information content (AvgIpc) is 3.24. The number of carbonyl (C=O) groups excluding carboxylic acids is 1. The van der Waals surface area contributed by atoms with Crippen molar-refractivity contribution in [2.45, 2.75) is 48.4 Å². The highest BCUT2D eigenvalue weighted by Crippen LogP contribution is 2.38. The van der Waals surface area contributed by atoms with Gasteiger partial charge in [-0.25, -0.2) is 27.8 Å². The first-order valence-electron chi connectivity index (χ1n) is 11.0. The zero-order valence-corrected chi connectivity index (χ0v) is 20.3. The molecule has 2 N–H and O–H groups in total. The van der Waals surface area contributed by atoms with Crippen LogP contribution in [0.2, 0.25) is 5.02 Å². The number of fused-ring (bicyclic) bond motifs is 1. The van der Waals surface area contributed by atoms with Crippen molar-refractivity contribution < 1.29 is 17.6 Å². The number of Topliss-reactive ketones (excluding diaryl/α,β-unsaturated/α-hetero) is 1. The molecule has 1 aromatic carbocycles.